The summed E-state index contributed by atoms with van der Waals surface area (Å²) in [5.74, 6) is 0.366. The van der Waals surface area contributed by atoms with E-state index in [0.717, 1.165) is 0 Å². The molecule has 2 aromatic rings. The van der Waals surface area contributed by atoms with Crippen LogP contribution in [0.15, 0.2) is 41.3 Å². The monoisotopic (exact) mass is 269 g/mol. The number of hydrogen-bond donors (Lipinski definition) is 1. The number of amides is 1. The van der Waals surface area contributed by atoms with Crippen LogP contribution in [-0.4, -0.2) is 15.5 Å². The van der Waals surface area contributed by atoms with Crippen LogP contribution >= 0.6 is 0 Å². The third-order valence-electron chi connectivity index (χ3n) is 3.62. The van der Waals surface area contributed by atoms with Crippen LogP contribution in [0.5, 0.6) is 0 Å². The van der Waals surface area contributed by atoms with Crippen LogP contribution in [0.2, 0.25) is 0 Å². The number of para-hydroxylation sites is 1. The van der Waals surface area contributed by atoms with Crippen molar-refractivity contribution in [1.29, 1.82) is 0 Å². The van der Waals surface area contributed by atoms with Gasteiger partial charge in [0.25, 0.3) is 5.56 Å². The fourth-order valence-corrected chi connectivity index (χ4v) is 2.63. The highest BCUT2D eigenvalue weighted by atomic mass is 16.2. The van der Waals surface area contributed by atoms with Crippen LogP contribution in [0.3, 0.4) is 0 Å². The zero-order chi connectivity index (χ0) is 14.3. The van der Waals surface area contributed by atoms with E-state index < -0.39 is 6.04 Å². The van der Waals surface area contributed by atoms with Crippen LogP contribution in [-0.2, 0) is 4.79 Å². The molecule has 1 saturated heterocycles. The van der Waals surface area contributed by atoms with E-state index in [-0.39, 0.29) is 11.5 Å². The maximum absolute atomic E-state index is 12.6. The minimum atomic E-state index is -0.509. The number of nitrogens with one attached hydrogen (secondary N) is 1. The van der Waals surface area contributed by atoms with E-state index in [1.54, 1.807) is 25.1 Å². The second-order valence-electron chi connectivity index (χ2n) is 5.00. The molecule has 102 valence electrons. The summed E-state index contributed by atoms with van der Waals surface area (Å²) in [6.45, 7) is 5.51. The Balaban J connectivity index is 2.19. The van der Waals surface area contributed by atoms with E-state index in [9.17, 15) is 9.59 Å². The molecular weight excluding hydrogens is 254 g/mol. The Bertz CT molecular complexity index is 776. The lowest BCUT2D eigenvalue weighted by molar-refractivity contribution is -0.124. The molecule has 0 radical (unpaired) electrons. The predicted octanol–water partition coefficient (Wildman–Crippen LogP) is 1.67. The number of aryl methyl sites for hydroxylation is 1. The molecule has 1 aromatic heterocycles. The van der Waals surface area contributed by atoms with Gasteiger partial charge in [0.2, 0.25) is 5.91 Å². The number of fused-ring (bicyclic) bond motifs is 1. The largest absolute Gasteiger partial charge is 0.329 e. The molecule has 2 heterocycles. The van der Waals surface area contributed by atoms with E-state index in [1.165, 1.54) is 4.57 Å². The summed E-state index contributed by atoms with van der Waals surface area (Å²) < 4.78 is 1.49. The van der Waals surface area contributed by atoms with E-state index in [1.807, 2.05) is 6.07 Å². The van der Waals surface area contributed by atoms with Gasteiger partial charge in [0, 0.05) is 5.70 Å². The highest BCUT2D eigenvalue weighted by Crippen LogP contribution is 2.22. The minimum Gasteiger partial charge on any atom is -0.329 e. The van der Waals surface area contributed by atoms with Crippen molar-refractivity contribution in [3.63, 3.8) is 0 Å². The van der Waals surface area contributed by atoms with Gasteiger partial charge in [0.05, 0.1) is 10.9 Å². The Morgan fingerprint density at radius 2 is 2.10 bits per heavy atom. The molecule has 0 bridgehead atoms. The summed E-state index contributed by atoms with van der Waals surface area (Å²) in [6, 6.07) is 6.67. The standard InChI is InChI=1S/C15H15N3O2/c1-9-7-8-13(14(19)16-9)18-10(2)17-12-6-4-3-5-11(12)15(18)20/h3-6,13H,1,7-8H2,2H3,(H,16,19). The fraction of sp³-hybridized carbons (Fsp3) is 0.267. The van der Waals surface area contributed by atoms with Crippen molar-refractivity contribution in [3.05, 3.63) is 52.7 Å². The number of piperidine rings is 1. The smallest absolute Gasteiger partial charge is 0.262 e. The molecule has 1 aliphatic heterocycles. The first-order chi connectivity index (χ1) is 9.58. The van der Waals surface area contributed by atoms with Gasteiger partial charge in [-0.25, -0.2) is 4.98 Å². The van der Waals surface area contributed by atoms with Crippen molar-refractivity contribution >= 4 is 16.8 Å². The lowest BCUT2D eigenvalue weighted by atomic mass is 10.0. The number of carbonyl (C=O) groups is 1. The molecule has 1 atom stereocenters. The van der Waals surface area contributed by atoms with Crippen LogP contribution in [0, 0.1) is 6.92 Å². The lowest BCUT2D eigenvalue weighted by Crippen LogP contribution is -2.41. The Hall–Kier alpha value is -2.43. The first-order valence-corrected chi connectivity index (χ1v) is 6.54. The van der Waals surface area contributed by atoms with Crippen molar-refractivity contribution in [2.24, 2.45) is 0 Å². The van der Waals surface area contributed by atoms with Crippen LogP contribution in [0.4, 0.5) is 0 Å². The van der Waals surface area contributed by atoms with Crippen molar-refractivity contribution < 1.29 is 4.79 Å². The summed E-state index contributed by atoms with van der Waals surface area (Å²) in [5, 5.41) is 3.25. The summed E-state index contributed by atoms with van der Waals surface area (Å²) in [5.41, 5.74) is 1.19. The van der Waals surface area contributed by atoms with Crippen LogP contribution < -0.4 is 10.9 Å². The van der Waals surface area contributed by atoms with Gasteiger partial charge in [-0.15, -0.1) is 0 Å². The molecular formula is C15H15N3O2. The van der Waals surface area contributed by atoms with Gasteiger partial charge in [-0.2, -0.15) is 0 Å². The van der Waals surface area contributed by atoms with Crippen LogP contribution in [0.1, 0.15) is 24.7 Å². The third-order valence-corrected chi connectivity index (χ3v) is 3.62. The molecule has 1 N–H and O–H groups in total. The Morgan fingerprint density at radius 3 is 2.85 bits per heavy atom. The maximum Gasteiger partial charge on any atom is 0.262 e. The summed E-state index contributed by atoms with van der Waals surface area (Å²) >= 11 is 0. The molecule has 1 aromatic carbocycles. The number of benzene rings is 1. The molecule has 1 fully saturated rings. The molecule has 5 nitrogen and oxygen atoms in total. The highest BCUT2D eigenvalue weighted by molar-refractivity contribution is 5.84. The number of nitrogens with zero attached hydrogens (tertiary/aromatic N) is 2. The summed E-state index contributed by atoms with van der Waals surface area (Å²) in [4.78, 5) is 29.1. The van der Waals surface area contributed by atoms with Crippen molar-refractivity contribution in [2.75, 3.05) is 0 Å². The fourth-order valence-electron chi connectivity index (χ4n) is 2.63. The van der Waals surface area contributed by atoms with Crippen molar-refractivity contribution in [2.45, 2.75) is 25.8 Å². The predicted molar refractivity (Wildman–Crippen MR) is 76.3 cm³/mol. The third kappa shape index (κ3) is 1.91. The molecule has 3 rings (SSSR count). The van der Waals surface area contributed by atoms with E-state index in [4.69, 9.17) is 0 Å². The van der Waals surface area contributed by atoms with Crippen molar-refractivity contribution in [3.8, 4) is 0 Å². The van der Waals surface area contributed by atoms with Gasteiger partial charge in [0.1, 0.15) is 11.9 Å². The first-order valence-electron chi connectivity index (χ1n) is 6.54. The zero-order valence-corrected chi connectivity index (χ0v) is 11.2. The Kier molecular flexibility index (Phi) is 2.89. The van der Waals surface area contributed by atoms with Crippen LogP contribution in [0.25, 0.3) is 10.9 Å². The topological polar surface area (TPSA) is 64.0 Å². The van der Waals surface area contributed by atoms with Gasteiger partial charge in [0.15, 0.2) is 0 Å². The maximum atomic E-state index is 12.6. The van der Waals surface area contributed by atoms with Gasteiger partial charge >= 0.3 is 0 Å². The van der Waals surface area contributed by atoms with Gasteiger partial charge in [-0.1, -0.05) is 18.7 Å². The second kappa shape index (κ2) is 4.59. The SMILES string of the molecule is C=C1CCC(n2c(C)nc3ccccc3c2=O)C(=O)N1. The van der Waals surface area contributed by atoms with Gasteiger partial charge in [-0.05, 0) is 31.9 Å². The molecule has 0 spiro atoms. The molecule has 0 saturated carbocycles. The minimum absolute atomic E-state index is 0.166. The first kappa shape index (κ1) is 12.6. The Labute approximate surface area is 115 Å². The number of aromatic nitrogens is 2. The van der Waals surface area contributed by atoms with Gasteiger partial charge < -0.3 is 5.32 Å². The van der Waals surface area contributed by atoms with E-state index in [0.29, 0.717) is 35.3 Å². The number of hydrogen-bond acceptors (Lipinski definition) is 3. The zero-order valence-electron chi connectivity index (χ0n) is 11.2. The molecule has 1 aliphatic rings. The van der Waals surface area contributed by atoms with E-state index >= 15 is 0 Å². The molecule has 1 amide bonds. The van der Waals surface area contributed by atoms with E-state index in [2.05, 4.69) is 16.9 Å². The average molecular weight is 269 g/mol. The normalized spacial score (nSPS) is 19.1. The average Bonchev–Trinajstić information content (AvgIpc) is 2.41. The number of rotatable bonds is 1. The summed E-state index contributed by atoms with van der Waals surface area (Å²) in [6.07, 6.45) is 1.25. The second-order valence-corrected chi connectivity index (χ2v) is 5.00. The van der Waals surface area contributed by atoms with Crippen molar-refractivity contribution in [1.82, 2.24) is 14.9 Å². The molecule has 0 aliphatic carbocycles. The number of allylic oxidation sites excluding steroid dienone is 1. The molecule has 20 heavy (non-hydrogen) atoms. The lowest BCUT2D eigenvalue weighted by Gasteiger charge is -2.26. The Morgan fingerprint density at radius 1 is 1.35 bits per heavy atom. The quantitative estimate of drug-likeness (QED) is 0.856. The van der Waals surface area contributed by atoms with Gasteiger partial charge in [-0.3, -0.25) is 14.2 Å². The molecule has 5 heteroatoms. The number of carbonyl (C=O) groups excluding carboxylic acids is 1. The summed E-state index contributed by atoms with van der Waals surface area (Å²) in [7, 11) is 0. The molecule has 1 unspecified atom stereocenters. The highest BCUT2D eigenvalue weighted by Gasteiger charge is 2.28.